The predicted octanol–water partition coefficient (Wildman–Crippen LogP) is 3.36. The summed E-state index contributed by atoms with van der Waals surface area (Å²) in [4.78, 5) is 0. The maximum Gasteiger partial charge on any atom is 0.152 e. The predicted molar refractivity (Wildman–Crippen MR) is 60.3 cm³/mol. The molecule has 0 saturated heterocycles. The average Bonchev–Trinajstić information content (AvgIpc) is 2.19. The molecule has 0 aromatic heterocycles. The van der Waals surface area contributed by atoms with E-state index in [9.17, 15) is 8.78 Å². The monoisotopic (exact) mass is 229 g/mol. The maximum absolute atomic E-state index is 13.0. The molecule has 0 bridgehead atoms. The van der Waals surface area contributed by atoms with Gasteiger partial charge in [-0.1, -0.05) is 13.8 Å². The Kier molecular flexibility index (Phi) is 4.52. The molecule has 0 atom stereocenters. The van der Waals surface area contributed by atoms with Crippen molar-refractivity contribution in [3.63, 3.8) is 0 Å². The summed E-state index contributed by atoms with van der Waals surface area (Å²) in [6.07, 6.45) is 1.85. The molecule has 0 heterocycles. The topological polar surface area (TPSA) is 35.2 Å². The van der Waals surface area contributed by atoms with Gasteiger partial charge in [-0.25, -0.2) is 8.78 Å². The molecular weight excluding hydrogens is 212 g/mol. The van der Waals surface area contributed by atoms with E-state index in [-0.39, 0.29) is 11.4 Å². The van der Waals surface area contributed by atoms with Crippen LogP contribution in [0.1, 0.15) is 26.7 Å². The molecule has 1 aromatic carbocycles. The minimum Gasteiger partial charge on any atom is -0.491 e. The second-order valence-electron chi connectivity index (χ2n) is 4.18. The zero-order chi connectivity index (χ0) is 12.1. The van der Waals surface area contributed by atoms with E-state index in [1.54, 1.807) is 0 Å². The van der Waals surface area contributed by atoms with Crippen LogP contribution in [0.2, 0.25) is 0 Å². The Morgan fingerprint density at radius 2 is 2.00 bits per heavy atom. The van der Waals surface area contributed by atoms with Crippen molar-refractivity contribution in [3.8, 4) is 5.75 Å². The first kappa shape index (κ1) is 12.7. The van der Waals surface area contributed by atoms with Crippen LogP contribution in [0.5, 0.6) is 5.75 Å². The highest BCUT2D eigenvalue weighted by Gasteiger charge is 2.09. The van der Waals surface area contributed by atoms with Crippen LogP contribution in [0.15, 0.2) is 12.1 Å². The first-order valence-electron chi connectivity index (χ1n) is 5.38. The third-order valence-corrected chi connectivity index (χ3v) is 2.24. The van der Waals surface area contributed by atoms with E-state index in [0.717, 1.165) is 25.0 Å². The number of halogens is 2. The number of ether oxygens (including phenoxy) is 1. The lowest BCUT2D eigenvalue weighted by Crippen LogP contribution is -2.03. The molecule has 0 saturated carbocycles. The number of hydrogen-bond donors (Lipinski definition) is 1. The fraction of sp³-hybridized carbons (Fsp3) is 0.500. The van der Waals surface area contributed by atoms with E-state index in [1.165, 1.54) is 0 Å². The highest BCUT2D eigenvalue weighted by Crippen LogP contribution is 2.25. The van der Waals surface area contributed by atoms with Gasteiger partial charge in [-0.15, -0.1) is 0 Å². The Morgan fingerprint density at radius 3 is 2.62 bits per heavy atom. The first-order valence-corrected chi connectivity index (χ1v) is 5.38. The van der Waals surface area contributed by atoms with Crippen molar-refractivity contribution in [1.82, 2.24) is 0 Å². The smallest absolute Gasteiger partial charge is 0.152 e. The zero-order valence-electron chi connectivity index (χ0n) is 9.59. The van der Waals surface area contributed by atoms with Crippen molar-refractivity contribution >= 4 is 5.69 Å². The van der Waals surface area contributed by atoms with Crippen molar-refractivity contribution in [1.29, 1.82) is 0 Å². The normalized spacial score (nSPS) is 10.8. The van der Waals surface area contributed by atoms with Crippen LogP contribution in [-0.2, 0) is 0 Å². The number of anilines is 1. The van der Waals surface area contributed by atoms with Crippen molar-refractivity contribution in [3.05, 3.63) is 23.8 Å². The van der Waals surface area contributed by atoms with Gasteiger partial charge in [0.25, 0.3) is 0 Å². The molecule has 0 amide bonds. The quantitative estimate of drug-likeness (QED) is 0.620. The molecule has 0 aliphatic carbocycles. The van der Waals surface area contributed by atoms with Gasteiger partial charge in [-0.2, -0.15) is 0 Å². The molecule has 2 nitrogen and oxygen atoms in total. The molecule has 90 valence electrons. The zero-order valence-corrected chi connectivity index (χ0v) is 9.59. The summed E-state index contributed by atoms with van der Waals surface area (Å²) in [7, 11) is 0. The largest absolute Gasteiger partial charge is 0.491 e. The summed E-state index contributed by atoms with van der Waals surface area (Å²) in [5.74, 6) is -0.782. The van der Waals surface area contributed by atoms with Crippen LogP contribution >= 0.6 is 0 Å². The summed E-state index contributed by atoms with van der Waals surface area (Å²) in [6.45, 7) is 4.64. The van der Waals surface area contributed by atoms with Crippen LogP contribution in [0.25, 0.3) is 0 Å². The van der Waals surface area contributed by atoms with Gasteiger partial charge in [-0.05, 0) is 18.8 Å². The highest BCUT2D eigenvalue weighted by atomic mass is 19.1. The molecule has 1 rings (SSSR count). The van der Waals surface area contributed by atoms with E-state index >= 15 is 0 Å². The Labute approximate surface area is 94.4 Å². The van der Waals surface area contributed by atoms with E-state index in [2.05, 4.69) is 13.8 Å². The van der Waals surface area contributed by atoms with Crippen molar-refractivity contribution in [2.45, 2.75) is 26.7 Å². The second-order valence-corrected chi connectivity index (χ2v) is 4.18. The molecule has 0 fully saturated rings. The summed E-state index contributed by atoms with van der Waals surface area (Å²) >= 11 is 0. The molecule has 1 aromatic rings. The minimum absolute atomic E-state index is 0.0845. The van der Waals surface area contributed by atoms with E-state index in [1.807, 2.05) is 0 Å². The van der Waals surface area contributed by atoms with Crippen molar-refractivity contribution in [2.24, 2.45) is 5.92 Å². The molecule has 0 aliphatic heterocycles. The van der Waals surface area contributed by atoms with Crippen molar-refractivity contribution in [2.75, 3.05) is 12.3 Å². The molecular formula is C12H17F2NO. The van der Waals surface area contributed by atoms with E-state index in [0.29, 0.717) is 12.5 Å². The van der Waals surface area contributed by atoms with Crippen LogP contribution < -0.4 is 10.5 Å². The van der Waals surface area contributed by atoms with Crippen LogP contribution in [0.3, 0.4) is 0 Å². The van der Waals surface area contributed by atoms with Gasteiger partial charge >= 0.3 is 0 Å². The molecule has 2 N–H and O–H groups in total. The minimum atomic E-state index is -0.779. The summed E-state index contributed by atoms with van der Waals surface area (Å²) in [5, 5.41) is 0. The van der Waals surface area contributed by atoms with E-state index < -0.39 is 11.6 Å². The lowest BCUT2D eigenvalue weighted by atomic mass is 10.1. The number of hydrogen-bond acceptors (Lipinski definition) is 2. The number of nitrogens with two attached hydrogens (primary N) is 1. The molecule has 0 unspecified atom stereocenters. The molecule has 0 aliphatic rings. The summed E-state index contributed by atoms with van der Waals surface area (Å²) in [5.41, 5.74) is 5.29. The third-order valence-electron chi connectivity index (χ3n) is 2.24. The third kappa shape index (κ3) is 3.68. The van der Waals surface area contributed by atoms with Gasteiger partial charge < -0.3 is 10.5 Å². The summed E-state index contributed by atoms with van der Waals surface area (Å²) < 4.78 is 31.1. The van der Waals surface area contributed by atoms with Gasteiger partial charge in [0, 0.05) is 12.1 Å². The average molecular weight is 229 g/mol. The number of nitrogen functional groups attached to an aromatic ring is 1. The Hall–Kier alpha value is -1.32. The van der Waals surface area contributed by atoms with Gasteiger partial charge in [0.1, 0.15) is 17.3 Å². The van der Waals surface area contributed by atoms with Crippen molar-refractivity contribution < 1.29 is 13.5 Å². The number of benzene rings is 1. The lowest BCUT2D eigenvalue weighted by Gasteiger charge is -2.10. The van der Waals surface area contributed by atoms with Crippen LogP contribution in [0.4, 0.5) is 14.5 Å². The molecule has 4 heteroatoms. The van der Waals surface area contributed by atoms with Gasteiger partial charge in [0.2, 0.25) is 0 Å². The summed E-state index contributed by atoms with van der Waals surface area (Å²) in [6, 6.07) is 1.85. The molecule has 16 heavy (non-hydrogen) atoms. The fourth-order valence-corrected chi connectivity index (χ4v) is 1.35. The Bertz CT molecular complexity index is 353. The number of rotatable bonds is 5. The lowest BCUT2D eigenvalue weighted by molar-refractivity contribution is 0.296. The van der Waals surface area contributed by atoms with Gasteiger partial charge in [-0.3, -0.25) is 0 Å². The Morgan fingerprint density at radius 1 is 1.31 bits per heavy atom. The highest BCUT2D eigenvalue weighted by molar-refractivity contribution is 5.53. The molecule has 0 radical (unpaired) electrons. The first-order chi connectivity index (χ1) is 7.50. The Balaban J connectivity index is 2.53. The van der Waals surface area contributed by atoms with E-state index in [4.69, 9.17) is 10.5 Å². The molecule has 0 spiro atoms. The SMILES string of the molecule is CC(C)CCCOc1cc(F)cc(F)c1N. The van der Waals surface area contributed by atoms with Crippen LogP contribution in [0, 0.1) is 17.6 Å². The fourth-order valence-electron chi connectivity index (χ4n) is 1.35. The van der Waals surface area contributed by atoms with Crippen LogP contribution in [-0.4, -0.2) is 6.61 Å². The maximum atomic E-state index is 13.0. The second kappa shape index (κ2) is 5.68. The van der Waals surface area contributed by atoms with Gasteiger partial charge in [0.05, 0.1) is 6.61 Å². The standard InChI is InChI=1S/C12H17F2NO/c1-8(2)4-3-5-16-11-7-9(13)6-10(14)12(11)15/h6-8H,3-5,15H2,1-2H3. The van der Waals surface area contributed by atoms with Gasteiger partial charge in [0.15, 0.2) is 5.82 Å².